The van der Waals surface area contributed by atoms with Gasteiger partial charge in [0, 0.05) is 17.5 Å². The fourth-order valence-electron chi connectivity index (χ4n) is 1.89. The fourth-order valence-corrected chi connectivity index (χ4v) is 2.15. The van der Waals surface area contributed by atoms with Crippen molar-refractivity contribution in [2.75, 3.05) is 6.54 Å². The van der Waals surface area contributed by atoms with Gasteiger partial charge in [0.15, 0.2) is 5.22 Å². The zero-order chi connectivity index (χ0) is 13.1. The summed E-state index contributed by atoms with van der Waals surface area (Å²) in [5, 5.41) is 5.06. The topological polar surface area (TPSA) is 25.2 Å². The van der Waals surface area contributed by atoms with Crippen LogP contribution in [0, 0.1) is 11.8 Å². The van der Waals surface area contributed by atoms with Crippen LogP contribution in [0.1, 0.15) is 26.3 Å². The van der Waals surface area contributed by atoms with Crippen molar-refractivity contribution in [2.24, 2.45) is 11.8 Å². The molecule has 1 heterocycles. The summed E-state index contributed by atoms with van der Waals surface area (Å²) in [6, 6.07) is 7.96. The molecule has 1 unspecified atom stereocenters. The van der Waals surface area contributed by atoms with Gasteiger partial charge in [0.25, 0.3) is 0 Å². The number of para-hydroxylation sites is 1. The second-order valence-corrected chi connectivity index (χ2v) is 5.55. The van der Waals surface area contributed by atoms with Crippen molar-refractivity contribution in [3.05, 3.63) is 35.0 Å². The van der Waals surface area contributed by atoms with E-state index in [2.05, 4.69) is 26.1 Å². The van der Waals surface area contributed by atoms with Gasteiger partial charge < -0.3 is 9.73 Å². The number of hydrogen-bond donors (Lipinski definition) is 1. The number of fused-ring (bicyclic) bond motifs is 1. The van der Waals surface area contributed by atoms with E-state index in [1.807, 2.05) is 24.3 Å². The molecule has 0 spiro atoms. The highest BCUT2D eigenvalue weighted by Crippen LogP contribution is 2.29. The van der Waals surface area contributed by atoms with Gasteiger partial charge in [-0.1, -0.05) is 39.0 Å². The Hall–Kier alpha value is -0.990. The largest absolute Gasteiger partial charge is 0.444 e. The second-order valence-electron chi connectivity index (χ2n) is 5.20. The van der Waals surface area contributed by atoms with Gasteiger partial charge >= 0.3 is 0 Å². The van der Waals surface area contributed by atoms with Gasteiger partial charge in [-0.3, -0.25) is 0 Å². The third kappa shape index (κ3) is 2.88. The van der Waals surface area contributed by atoms with Gasteiger partial charge in [0.05, 0.1) is 0 Å². The minimum absolute atomic E-state index is 0.501. The lowest BCUT2D eigenvalue weighted by atomic mass is 9.98. The number of halogens is 1. The lowest BCUT2D eigenvalue weighted by molar-refractivity contribution is 0.392. The predicted molar refractivity (Wildman–Crippen MR) is 76.9 cm³/mol. The Balaban J connectivity index is 2.05. The maximum absolute atomic E-state index is 6.14. The number of nitrogens with one attached hydrogen (secondary N) is 1. The summed E-state index contributed by atoms with van der Waals surface area (Å²) in [6.07, 6.45) is 0. The number of furan rings is 1. The van der Waals surface area contributed by atoms with Crippen LogP contribution in [0.2, 0.25) is 5.22 Å². The van der Waals surface area contributed by atoms with Crippen LogP contribution in [0.5, 0.6) is 0 Å². The average Bonchev–Trinajstić information content (AvgIpc) is 2.65. The summed E-state index contributed by atoms with van der Waals surface area (Å²) in [5.74, 6) is 1.34. The molecule has 2 rings (SSSR count). The van der Waals surface area contributed by atoms with E-state index in [4.69, 9.17) is 16.0 Å². The first-order chi connectivity index (χ1) is 8.59. The standard InChI is InChI=1S/C15H20ClNO/c1-10(2)11(3)8-17-9-13-12-6-4-5-7-14(12)18-15(13)16/h4-7,10-11,17H,8-9H2,1-3H3. The monoisotopic (exact) mass is 265 g/mol. The zero-order valence-corrected chi connectivity index (χ0v) is 11.9. The third-order valence-electron chi connectivity index (χ3n) is 3.56. The fraction of sp³-hybridized carbons (Fsp3) is 0.467. The highest BCUT2D eigenvalue weighted by molar-refractivity contribution is 6.30. The lowest BCUT2D eigenvalue weighted by Gasteiger charge is -2.15. The van der Waals surface area contributed by atoms with Gasteiger partial charge in [-0.15, -0.1) is 0 Å². The van der Waals surface area contributed by atoms with Crippen LogP contribution in [0.25, 0.3) is 11.0 Å². The molecule has 0 aliphatic carbocycles. The molecule has 0 aliphatic rings. The molecule has 0 radical (unpaired) electrons. The van der Waals surface area contributed by atoms with Crippen LogP contribution in [0.3, 0.4) is 0 Å². The molecule has 1 N–H and O–H groups in total. The van der Waals surface area contributed by atoms with Gasteiger partial charge in [-0.25, -0.2) is 0 Å². The second kappa shape index (κ2) is 5.77. The van der Waals surface area contributed by atoms with Crippen molar-refractivity contribution in [1.29, 1.82) is 0 Å². The maximum Gasteiger partial charge on any atom is 0.199 e. The average molecular weight is 266 g/mol. The highest BCUT2D eigenvalue weighted by Gasteiger charge is 2.12. The Morgan fingerprint density at radius 1 is 1.22 bits per heavy atom. The van der Waals surface area contributed by atoms with Crippen LogP contribution in [0.15, 0.2) is 28.7 Å². The molecule has 1 atom stereocenters. The van der Waals surface area contributed by atoms with Crippen LogP contribution in [-0.4, -0.2) is 6.54 Å². The Labute approximate surface area is 113 Å². The normalized spacial score (nSPS) is 13.4. The molecule has 0 saturated heterocycles. The van der Waals surface area contributed by atoms with Gasteiger partial charge in [0.1, 0.15) is 5.58 Å². The van der Waals surface area contributed by atoms with E-state index in [0.29, 0.717) is 17.1 Å². The van der Waals surface area contributed by atoms with Crippen LogP contribution < -0.4 is 5.32 Å². The van der Waals surface area contributed by atoms with Gasteiger partial charge in [-0.2, -0.15) is 0 Å². The number of rotatable bonds is 5. The minimum atomic E-state index is 0.501. The van der Waals surface area contributed by atoms with Gasteiger partial charge in [-0.05, 0) is 36.0 Å². The van der Waals surface area contributed by atoms with E-state index >= 15 is 0 Å². The zero-order valence-electron chi connectivity index (χ0n) is 11.2. The summed E-state index contributed by atoms with van der Waals surface area (Å²) in [5.41, 5.74) is 1.92. The summed E-state index contributed by atoms with van der Waals surface area (Å²) in [6.45, 7) is 8.49. The van der Waals surface area contributed by atoms with Crippen LogP contribution in [0.4, 0.5) is 0 Å². The quantitative estimate of drug-likeness (QED) is 0.863. The van der Waals surface area contributed by atoms with Crippen LogP contribution >= 0.6 is 11.6 Å². The predicted octanol–water partition coefficient (Wildman–Crippen LogP) is 4.47. The third-order valence-corrected chi connectivity index (χ3v) is 3.86. The molecule has 2 nitrogen and oxygen atoms in total. The molecule has 1 aromatic carbocycles. The van der Waals surface area contributed by atoms with E-state index in [1.54, 1.807) is 0 Å². The molecule has 2 aromatic rings. The molecule has 98 valence electrons. The molecule has 0 bridgehead atoms. The van der Waals surface area contributed by atoms with Crippen molar-refractivity contribution < 1.29 is 4.42 Å². The molecular weight excluding hydrogens is 246 g/mol. The van der Waals surface area contributed by atoms with E-state index in [1.165, 1.54) is 0 Å². The maximum atomic E-state index is 6.14. The molecule has 0 fully saturated rings. The van der Waals surface area contributed by atoms with Crippen molar-refractivity contribution >= 4 is 22.6 Å². The first-order valence-electron chi connectivity index (χ1n) is 6.46. The molecule has 1 aromatic heterocycles. The van der Waals surface area contributed by atoms with Crippen molar-refractivity contribution in [1.82, 2.24) is 5.32 Å². The minimum Gasteiger partial charge on any atom is -0.444 e. The molecule has 18 heavy (non-hydrogen) atoms. The van der Waals surface area contributed by atoms with Crippen molar-refractivity contribution in [3.8, 4) is 0 Å². The van der Waals surface area contributed by atoms with Crippen molar-refractivity contribution in [3.63, 3.8) is 0 Å². The molecule has 0 amide bonds. The summed E-state index contributed by atoms with van der Waals surface area (Å²) in [4.78, 5) is 0. The van der Waals surface area contributed by atoms with Gasteiger partial charge in [0.2, 0.25) is 0 Å². The summed E-state index contributed by atoms with van der Waals surface area (Å²) >= 11 is 6.14. The van der Waals surface area contributed by atoms with Crippen LogP contribution in [-0.2, 0) is 6.54 Å². The van der Waals surface area contributed by atoms with Crippen molar-refractivity contribution in [2.45, 2.75) is 27.3 Å². The van der Waals surface area contributed by atoms with E-state index in [0.717, 1.165) is 29.6 Å². The Kier molecular flexibility index (Phi) is 4.31. The SMILES string of the molecule is CC(C)C(C)CNCc1c(Cl)oc2ccccc12. The Morgan fingerprint density at radius 3 is 2.67 bits per heavy atom. The smallest absolute Gasteiger partial charge is 0.199 e. The molecule has 3 heteroatoms. The Bertz CT molecular complexity index is 518. The molecular formula is C15H20ClNO. The highest BCUT2D eigenvalue weighted by atomic mass is 35.5. The molecule has 0 aliphatic heterocycles. The first-order valence-corrected chi connectivity index (χ1v) is 6.84. The van der Waals surface area contributed by atoms with E-state index in [-0.39, 0.29) is 0 Å². The lowest BCUT2D eigenvalue weighted by Crippen LogP contribution is -2.23. The van der Waals surface area contributed by atoms with E-state index < -0.39 is 0 Å². The summed E-state index contributed by atoms with van der Waals surface area (Å²) < 4.78 is 5.53. The first kappa shape index (κ1) is 13.4. The Morgan fingerprint density at radius 2 is 1.94 bits per heavy atom. The van der Waals surface area contributed by atoms with E-state index in [9.17, 15) is 0 Å². The number of benzene rings is 1. The number of hydrogen-bond acceptors (Lipinski definition) is 2. The summed E-state index contributed by atoms with van der Waals surface area (Å²) in [7, 11) is 0. The molecule has 0 saturated carbocycles.